The van der Waals surface area contributed by atoms with Crippen LogP contribution in [0.1, 0.15) is 46.5 Å². The van der Waals surface area contributed by atoms with Crippen LogP contribution in [0.3, 0.4) is 0 Å². The van der Waals surface area contributed by atoms with Gasteiger partial charge in [-0.15, -0.1) is 0 Å². The number of nitrogens with one attached hydrogen (secondary N) is 1. The van der Waals surface area contributed by atoms with Gasteiger partial charge < -0.3 is 10.2 Å². The fourth-order valence-corrected chi connectivity index (χ4v) is 4.01. The van der Waals surface area contributed by atoms with Gasteiger partial charge in [0.1, 0.15) is 0 Å². The van der Waals surface area contributed by atoms with Gasteiger partial charge in [0, 0.05) is 19.0 Å². The predicted octanol–water partition coefficient (Wildman–Crippen LogP) is 2.27. The average molecular weight is 252 g/mol. The number of carbonyl (C=O) groups is 1. The molecule has 0 aliphatic heterocycles. The second kappa shape index (κ2) is 4.52. The lowest BCUT2D eigenvalue weighted by molar-refractivity contribution is -0.123. The molecule has 2 rings (SSSR count). The number of nitrogens with zero attached hydrogens (tertiary/aromatic N) is 1. The summed E-state index contributed by atoms with van der Waals surface area (Å²) < 4.78 is 0. The van der Waals surface area contributed by atoms with Gasteiger partial charge >= 0.3 is 0 Å². The highest BCUT2D eigenvalue weighted by Gasteiger charge is 2.61. The van der Waals surface area contributed by atoms with Crippen molar-refractivity contribution < 1.29 is 4.79 Å². The Labute approximate surface area is 111 Å². The molecular formula is C15H28N2O. The molecule has 3 atom stereocenters. The largest absolute Gasteiger partial charge is 0.353 e. The maximum atomic E-state index is 12.0. The Morgan fingerprint density at radius 2 is 2.00 bits per heavy atom. The van der Waals surface area contributed by atoms with E-state index < -0.39 is 0 Å². The highest BCUT2D eigenvalue weighted by Crippen LogP contribution is 2.65. The van der Waals surface area contributed by atoms with Crippen LogP contribution in [0, 0.1) is 16.7 Å². The summed E-state index contributed by atoms with van der Waals surface area (Å²) in [6.07, 6.45) is 4.40. The van der Waals surface area contributed by atoms with Gasteiger partial charge in [0.05, 0.1) is 0 Å². The van der Waals surface area contributed by atoms with Crippen LogP contribution in [0.4, 0.5) is 0 Å². The number of carbonyl (C=O) groups excluding carboxylic acids is 1. The summed E-state index contributed by atoms with van der Waals surface area (Å²) in [6.45, 7) is 7.98. The maximum Gasteiger partial charge on any atom is 0.221 e. The van der Waals surface area contributed by atoms with Crippen molar-refractivity contribution in [3.8, 4) is 0 Å². The second-order valence-corrected chi connectivity index (χ2v) is 7.28. The molecule has 1 N–H and O–H groups in total. The fourth-order valence-electron chi connectivity index (χ4n) is 4.01. The molecule has 0 aromatic carbocycles. The third kappa shape index (κ3) is 2.07. The van der Waals surface area contributed by atoms with Crippen molar-refractivity contribution in [2.45, 2.75) is 52.5 Å². The van der Waals surface area contributed by atoms with Crippen LogP contribution in [-0.2, 0) is 4.79 Å². The standard InChI is InChI=1S/C15H28N2O/c1-14(2)11-6-8-15(14,3)12(10-11)16-13(18)7-9-17(4)5/h11-12H,6-10H2,1-5H3,(H,16,18)/t11-,12+,15+/m1/s1. The maximum absolute atomic E-state index is 12.0. The van der Waals surface area contributed by atoms with Gasteiger partial charge in [0.25, 0.3) is 0 Å². The first-order valence-electron chi connectivity index (χ1n) is 7.21. The minimum atomic E-state index is 0.221. The zero-order valence-corrected chi connectivity index (χ0v) is 12.5. The van der Waals surface area contributed by atoms with Crippen molar-refractivity contribution in [2.24, 2.45) is 16.7 Å². The third-order valence-corrected chi connectivity index (χ3v) is 5.92. The van der Waals surface area contributed by atoms with Gasteiger partial charge in [-0.25, -0.2) is 0 Å². The number of amides is 1. The molecular weight excluding hydrogens is 224 g/mol. The Kier molecular flexibility index (Phi) is 3.48. The van der Waals surface area contributed by atoms with Gasteiger partial charge in [0.2, 0.25) is 5.91 Å². The third-order valence-electron chi connectivity index (χ3n) is 5.92. The van der Waals surface area contributed by atoms with Crippen LogP contribution >= 0.6 is 0 Å². The highest BCUT2D eigenvalue weighted by molar-refractivity contribution is 5.76. The van der Waals surface area contributed by atoms with Gasteiger partial charge in [-0.3, -0.25) is 4.79 Å². The molecule has 0 spiro atoms. The summed E-state index contributed by atoms with van der Waals surface area (Å²) >= 11 is 0. The van der Waals surface area contributed by atoms with Crippen molar-refractivity contribution >= 4 is 5.91 Å². The highest BCUT2D eigenvalue weighted by atomic mass is 16.1. The van der Waals surface area contributed by atoms with E-state index in [9.17, 15) is 4.79 Å². The van der Waals surface area contributed by atoms with Crippen LogP contribution in [-0.4, -0.2) is 37.5 Å². The molecule has 2 saturated carbocycles. The van der Waals surface area contributed by atoms with Crippen molar-refractivity contribution in [3.63, 3.8) is 0 Å². The quantitative estimate of drug-likeness (QED) is 0.832. The summed E-state index contributed by atoms with van der Waals surface area (Å²) in [5.74, 6) is 1.01. The SMILES string of the molecule is CN(C)CCC(=O)N[C@H]1C[C@H]2CC[C@]1(C)C2(C)C. The lowest BCUT2D eigenvalue weighted by atomic mass is 9.69. The molecule has 1 amide bonds. The van der Waals surface area contributed by atoms with Crippen molar-refractivity contribution in [1.82, 2.24) is 10.2 Å². The van der Waals surface area contributed by atoms with E-state index in [1.54, 1.807) is 0 Å². The molecule has 104 valence electrons. The molecule has 0 aromatic heterocycles. The molecule has 18 heavy (non-hydrogen) atoms. The average Bonchev–Trinajstić information content (AvgIpc) is 2.59. The molecule has 0 heterocycles. The van der Waals surface area contributed by atoms with E-state index in [4.69, 9.17) is 0 Å². The minimum Gasteiger partial charge on any atom is -0.353 e. The first kappa shape index (κ1) is 13.9. The normalized spacial score (nSPS) is 37.2. The smallest absolute Gasteiger partial charge is 0.221 e. The monoisotopic (exact) mass is 252 g/mol. The molecule has 0 unspecified atom stereocenters. The lowest BCUT2D eigenvalue weighted by Crippen LogP contribution is -2.47. The van der Waals surface area contributed by atoms with E-state index in [1.807, 2.05) is 14.1 Å². The topological polar surface area (TPSA) is 32.3 Å². The molecule has 2 fully saturated rings. The minimum absolute atomic E-state index is 0.221. The van der Waals surface area contributed by atoms with Gasteiger partial charge in [-0.05, 0) is 50.1 Å². The second-order valence-electron chi connectivity index (χ2n) is 7.28. The van der Waals surface area contributed by atoms with Crippen LogP contribution in [0.2, 0.25) is 0 Å². The van der Waals surface area contributed by atoms with Crippen molar-refractivity contribution in [3.05, 3.63) is 0 Å². The van der Waals surface area contributed by atoms with E-state index in [0.717, 1.165) is 12.5 Å². The molecule has 2 bridgehead atoms. The molecule has 0 saturated heterocycles. The van der Waals surface area contributed by atoms with Gasteiger partial charge in [0.15, 0.2) is 0 Å². The van der Waals surface area contributed by atoms with Gasteiger partial charge in [-0.1, -0.05) is 20.8 Å². The Balaban J connectivity index is 1.94. The lowest BCUT2D eigenvalue weighted by Gasteiger charge is -2.39. The Morgan fingerprint density at radius 3 is 2.44 bits per heavy atom. The summed E-state index contributed by atoms with van der Waals surface area (Å²) in [6, 6.07) is 0.390. The van der Waals surface area contributed by atoms with Crippen LogP contribution < -0.4 is 5.32 Å². The number of hydrogen-bond acceptors (Lipinski definition) is 2. The number of rotatable bonds is 4. The Hall–Kier alpha value is -0.570. The summed E-state index contributed by atoms with van der Waals surface area (Å²) in [4.78, 5) is 14.1. The Morgan fingerprint density at radius 1 is 1.33 bits per heavy atom. The number of fused-ring (bicyclic) bond motifs is 2. The van der Waals surface area contributed by atoms with E-state index in [0.29, 0.717) is 23.3 Å². The van der Waals surface area contributed by atoms with Crippen LogP contribution in [0.5, 0.6) is 0 Å². The number of hydrogen-bond donors (Lipinski definition) is 1. The van der Waals surface area contributed by atoms with E-state index in [-0.39, 0.29) is 5.91 Å². The van der Waals surface area contributed by atoms with Crippen LogP contribution in [0.15, 0.2) is 0 Å². The first-order valence-corrected chi connectivity index (χ1v) is 7.21. The molecule has 2 aliphatic carbocycles. The Bertz CT molecular complexity index is 337. The summed E-state index contributed by atoms with van der Waals surface area (Å²) in [7, 11) is 4.02. The fraction of sp³-hybridized carbons (Fsp3) is 0.933. The van der Waals surface area contributed by atoms with Crippen LogP contribution in [0.25, 0.3) is 0 Å². The summed E-state index contributed by atoms with van der Waals surface area (Å²) in [5, 5.41) is 3.30. The summed E-state index contributed by atoms with van der Waals surface area (Å²) in [5.41, 5.74) is 0.679. The zero-order valence-electron chi connectivity index (χ0n) is 12.5. The van der Waals surface area contributed by atoms with E-state index >= 15 is 0 Å². The molecule has 0 radical (unpaired) electrons. The van der Waals surface area contributed by atoms with E-state index in [1.165, 1.54) is 19.3 Å². The first-order chi connectivity index (χ1) is 8.27. The molecule has 3 heteroatoms. The predicted molar refractivity (Wildman–Crippen MR) is 74.3 cm³/mol. The molecule has 3 nitrogen and oxygen atoms in total. The zero-order chi connectivity index (χ0) is 13.6. The van der Waals surface area contributed by atoms with Gasteiger partial charge in [-0.2, -0.15) is 0 Å². The molecule has 2 aliphatic rings. The van der Waals surface area contributed by atoms with E-state index in [2.05, 4.69) is 31.0 Å². The van der Waals surface area contributed by atoms with Crippen molar-refractivity contribution in [2.75, 3.05) is 20.6 Å². The van der Waals surface area contributed by atoms with Crippen molar-refractivity contribution in [1.29, 1.82) is 0 Å². The molecule has 0 aromatic rings.